The van der Waals surface area contributed by atoms with Gasteiger partial charge in [-0.3, -0.25) is 9.69 Å². The molecular formula is C22H30FN3O2. The van der Waals surface area contributed by atoms with E-state index in [1.165, 1.54) is 18.9 Å². The molecule has 1 saturated carbocycles. The minimum Gasteiger partial charge on any atom is -0.379 e. The molecule has 0 atom stereocenters. The molecule has 0 radical (unpaired) electrons. The first-order valence-corrected chi connectivity index (χ1v) is 10.5. The van der Waals surface area contributed by atoms with Gasteiger partial charge in [-0.25, -0.2) is 4.39 Å². The molecule has 1 saturated heterocycles. The molecule has 2 fully saturated rings. The van der Waals surface area contributed by atoms with E-state index in [4.69, 9.17) is 4.74 Å². The van der Waals surface area contributed by atoms with E-state index in [9.17, 15) is 9.18 Å². The average molecular weight is 387 g/mol. The molecule has 6 heteroatoms. The Morgan fingerprint density at radius 1 is 1.25 bits per heavy atom. The summed E-state index contributed by atoms with van der Waals surface area (Å²) in [6.45, 7) is 6.70. The summed E-state index contributed by atoms with van der Waals surface area (Å²) in [5.74, 6) is -0.177. The van der Waals surface area contributed by atoms with E-state index in [0.29, 0.717) is 12.6 Å². The smallest absolute Gasteiger partial charge is 0.240 e. The topological polar surface area (TPSA) is 46.5 Å². The van der Waals surface area contributed by atoms with Gasteiger partial charge in [0.25, 0.3) is 0 Å². The van der Waals surface area contributed by atoms with Gasteiger partial charge in [-0.05, 0) is 49.9 Å². The van der Waals surface area contributed by atoms with E-state index in [2.05, 4.69) is 17.1 Å². The molecule has 28 heavy (non-hydrogen) atoms. The number of morpholine rings is 1. The van der Waals surface area contributed by atoms with E-state index in [1.54, 1.807) is 12.1 Å². The van der Waals surface area contributed by atoms with Crippen molar-refractivity contribution in [2.75, 3.05) is 32.8 Å². The fourth-order valence-electron chi connectivity index (χ4n) is 4.62. The Morgan fingerprint density at radius 2 is 2.00 bits per heavy atom. The molecule has 0 spiro atoms. The van der Waals surface area contributed by atoms with Crippen LogP contribution in [0.4, 0.5) is 4.39 Å². The summed E-state index contributed by atoms with van der Waals surface area (Å²) in [5.41, 5.74) is 3.16. The van der Waals surface area contributed by atoms with Gasteiger partial charge in [0.2, 0.25) is 5.91 Å². The van der Waals surface area contributed by atoms with Crippen molar-refractivity contribution >= 4 is 16.8 Å². The van der Waals surface area contributed by atoms with E-state index >= 15 is 0 Å². The number of carbonyl (C=O) groups is 1. The predicted molar refractivity (Wildman–Crippen MR) is 108 cm³/mol. The molecule has 1 aromatic carbocycles. The van der Waals surface area contributed by atoms with Gasteiger partial charge in [0, 0.05) is 42.3 Å². The molecule has 2 aromatic rings. The van der Waals surface area contributed by atoms with Gasteiger partial charge in [-0.2, -0.15) is 0 Å². The number of ether oxygens (including phenoxy) is 1. The Hall–Kier alpha value is -1.92. The summed E-state index contributed by atoms with van der Waals surface area (Å²) in [6.07, 6.45) is 5.39. The molecule has 2 aliphatic rings. The SMILES string of the molecule is Cc1c(CCN2CCOCC2)c2cc(F)ccc2n1CC(=O)NC1CCCC1. The zero-order valence-electron chi connectivity index (χ0n) is 16.7. The third-order valence-electron chi connectivity index (χ3n) is 6.22. The van der Waals surface area contributed by atoms with Crippen molar-refractivity contribution < 1.29 is 13.9 Å². The summed E-state index contributed by atoms with van der Waals surface area (Å²) in [7, 11) is 0. The predicted octanol–water partition coefficient (Wildman–Crippen LogP) is 3.02. The van der Waals surface area contributed by atoms with Gasteiger partial charge in [-0.15, -0.1) is 0 Å². The third-order valence-corrected chi connectivity index (χ3v) is 6.22. The number of halogens is 1. The number of nitrogens with one attached hydrogen (secondary N) is 1. The quantitative estimate of drug-likeness (QED) is 0.829. The molecule has 1 aromatic heterocycles. The van der Waals surface area contributed by atoms with Crippen molar-refractivity contribution in [3.63, 3.8) is 0 Å². The van der Waals surface area contributed by atoms with Crippen LogP contribution in [0.15, 0.2) is 18.2 Å². The van der Waals surface area contributed by atoms with Crippen molar-refractivity contribution in [1.29, 1.82) is 0 Å². The Bertz CT molecular complexity index is 836. The first-order chi connectivity index (χ1) is 13.6. The van der Waals surface area contributed by atoms with Crippen LogP contribution in [0.2, 0.25) is 0 Å². The van der Waals surface area contributed by atoms with Gasteiger partial charge >= 0.3 is 0 Å². The maximum absolute atomic E-state index is 14.0. The Kier molecular flexibility index (Phi) is 5.97. The van der Waals surface area contributed by atoms with Crippen molar-refractivity contribution in [2.45, 2.75) is 51.6 Å². The van der Waals surface area contributed by atoms with Gasteiger partial charge in [0.05, 0.1) is 13.2 Å². The minimum atomic E-state index is -0.229. The highest BCUT2D eigenvalue weighted by Crippen LogP contribution is 2.28. The summed E-state index contributed by atoms with van der Waals surface area (Å²) in [4.78, 5) is 15.0. The Labute approximate surface area is 165 Å². The van der Waals surface area contributed by atoms with Crippen LogP contribution in [-0.2, 0) is 22.5 Å². The maximum Gasteiger partial charge on any atom is 0.240 e. The van der Waals surface area contributed by atoms with Crippen LogP contribution in [0.3, 0.4) is 0 Å². The number of fused-ring (bicyclic) bond motifs is 1. The number of amides is 1. The molecule has 5 nitrogen and oxygen atoms in total. The Morgan fingerprint density at radius 3 is 2.75 bits per heavy atom. The molecule has 0 bridgehead atoms. The van der Waals surface area contributed by atoms with Crippen LogP contribution in [-0.4, -0.2) is 54.3 Å². The van der Waals surface area contributed by atoms with Crippen molar-refractivity contribution in [1.82, 2.24) is 14.8 Å². The van der Waals surface area contributed by atoms with E-state index in [-0.39, 0.29) is 11.7 Å². The third kappa shape index (κ3) is 4.23. The van der Waals surface area contributed by atoms with Crippen molar-refractivity contribution in [3.8, 4) is 0 Å². The first-order valence-electron chi connectivity index (χ1n) is 10.5. The standard InChI is InChI=1S/C22H30FN3O2/c1-16-19(8-9-25-10-12-28-13-11-25)20-14-17(23)6-7-21(20)26(16)15-22(27)24-18-4-2-3-5-18/h6-7,14,18H,2-5,8-13,15H2,1H3,(H,24,27). The van der Waals surface area contributed by atoms with E-state index in [0.717, 1.165) is 74.3 Å². The highest BCUT2D eigenvalue weighted by atomic mass is 19.1. The van der Waals surface area contributed by atoms with Crippen molar-refractivity contribution in [3.05, 3.63) is 35.3 Å². The van der Waals surface area contributed by atoms with Crippen LogP contribution in [0.25, 0.3) is 10.9 Å². The summed E-state index contributed by atoms with van der Waals surface area (Å²) < 4.78 is 21.4. The van der Waals surface area contributed by atoms with E-state index < -0.39 is 0 Å². The highest BCUT2D eigenvalue weighted by molar-refractivity contribution is 5.87. The van der Waals surface area contributed by atoms with Gasteiger partial charge in [-0.1, -0.05) is 12.8 Å². The zero-order valence-corrected chi connectivity index (χ0v) is 16.7. The number of rotatable bonds is 6. The highest BCUT2D eigenvalue weighted by Gasteiger charge is 2.21. The molecular weight excluding hydrogens is 357 g/mol. The normalized spacial score (nSPS) is 18.8. The molecule has 1 amide bonds. The second-order valence-corrected chi connectivity index (χ2v) is 8.06. The summed E-state index contributed by atoms with van der Waals surface area (Å²) in [5, 5.41) is 4.10. The van der Waals surface area contributed by atoms with Crippen LogP contribution < -0.4 is 5.32 Å². The fraction of sp³-hybridized carbons (Fsp3) is 0.591. The number of hydrogen-bond acceptors (Lipinski definition) is 3. The minimum absolute atomic E-state index is 0.0518. The Balaban J connectivity index is 1.55. The first kappa shape index (κ1) is 19.4. The van der Waals surface area contributed by atoms with Gasteiger partial charge in [0.1, 0.15) is 12.4 Å². The van der Waals surface area contributed by atoms with Crippen LogP contribution in [0.5, 0.6) is 0 Å². The molecule has 1 aliphatic heterocycles. The lowest BCUT2D eigenvalue weighted by atomic mass is 10.1. The largest absolute Gasteiger partial charge is 0.379 e. The second kappa shape index (κ2) is 8.62. The number of benzene rings is 1. The molecule has 1 aliphatic carbocycles. The van der Waals surface area contributed by atoms with Crippen LogP contribution in [0.1, 0.15) is 36.9 Å². The lowest BCUT2D eigenvalue weighted by Gasteiger charge is -2.26. The van der Waals surface area contributed by atoms with Gasteiger partial charge < -0.3 is 14.6 Å². The van der Waals surface area contributed by atoms with Gasteiger partial charge in [0.15, 0.2) is 0 Å². The van der Waals surface area contributed by atoms with E-state index in [1.807, 2.05) is 4.57 Å². The zero-order chi connectivity index (χ0) is 19.5. The lowest BCUT2D eigenvalue weighted by molar-refractivity contribution is -0.122. The van der Waals surface area contributed by atoms with Crippen molar-refractivity contribution in [2.24, 2.45) is 0 Å². The summed E-state index contributed by atoms with van der Waals surface area (Å²) in [6, 6.07) is 5.22. The lowest BCUT2D eigenvalue weighted by Crippen LogP contribution is -2.37. The number of carbonyl (C=O) groups excluding carboxylic acids is 1. The second-order valence-electron chi connectivity index (χ2n) is 8.06. The molecule has 152 valence electrons. The van der Waals surface area contributed by atoms with Crippen LogP contribution >= 0.6 is 0 Å². The van der Waals surface area contributed by atoms with Crippen LogP contribution in [0, 0.1) is 12.7 Å². The molecule has 2 heterocycles. The fourth-order valence-corrected chi connectivity index (χ4v) is 4.62. The molecule has 1 N–H and O–H groups in total. The number of aromatic nitrogens is 1. The maximum atomic E-state index is 14.0. The molecule has 0 unspecified atom stereocenters. The molecule has 4 rings (SSSR count). The average Bonchev–Trinajstić information content (AvgIpc) is 3.28. The summed E-state index contributed by atoms with van der Waals surface area (Å²) >= 11 is 0. The number of hydrogen-bond donors (Lipinski definition) is 1. The number of nitrogens with zero attached hydrogens (tertiary/aromatic N) is 2. The monoisotopic (exact) mass is 387 g/mol.